The number of hydrogen-bond donors (Lipinski definition) is 1. The summed E-state index contributed by atoms with van der Waals surface area (Å²) in [7, 11) is 0. The molecule has 1 aromatic heterocycles. The second kappa shape index (κ2) is 8.37. The molecule has 0 spiro atoms. The van der Waals surface area contributed by atoms with Gasteiger partial charge in [0.05, 0.1) is 15.5 Å². The van der Waals surface area contributed by atoms with E-state index in [4.69, 9.17) is 0 Å². The minimum Gasteiger partial charge on any atom is -0.480 e. The van der Waals surface area contributed by atoms with Gasteiger partial charge >= 0.3 is 23.4 Å². The Labute approximate surface area is 179 Å². The number of carboxylic acid groups (broad SMARTS) is 1. The lowest BCUT2D eigenvalue weighted by atomic mass is 9.93. The van der Waals surface area contributed by atoms with Crippen molar-refractivity contribution in [2.75, 3.05) is 5.75 Å². The molecule has 2 aromatic rings. The van der Waals surface area contributed by atoms with Gasteiger partial charge in [-0.3, -0.25) is 19.5 Å². The molecule has 166 valence electrons. The number of nitrogens with zero attached hydrogens (tertiary/aromatic N) is 2. The normalized spacial score (nSPS) is 15.9. The molecule has 7 nitrogen and oxygen atoms in total. The largest absolute Gasteiger partial charge is 0.480 e. The Hall–Kier alpha value is -2.82. The molecule has 0 unspecified atom stereocenters. The lowest BCUT2D eigenvalue weighted by Crippen LogP contribution is -2.31. The zero-order chi connectivity index (χ0) is 23.1. The van der Waals surface area contributed by atoms with Crippen LogP contribution in [0.4, 0.5) is 18.9 Å². The van der Waals surface area contributed by atoms with E-state index in [1.165, 1.54) is 12.1 Å². The zero-order valence-corrected chi connectivity index (χ0v) is 17.4. The minimum absolute atomic E-state index is 0.0350. The number of halogens is 3. The first-order chi connectivity index (χ1) is 14.4. The van der Waals surface area contributed by atoms with E-state index in [-0.39, 0.29) is 39.8 Å². The maximum atomic E-state index is 13.3. The molecule has 0 amide bonds. The predicted octanol–water partition coefficient (Wildman–Crippen LogP) is 4.76. The first-order valence-corrected chi connectivity index (χ1v) is 10.4. The number of nitro groups is 1. The lowest BCUT2D eigenvalue weighted by Gasteiger charge is -2.18. The van der Waals surface area contributed by atoms with Crippen molar-refractivity contribution in [3.05, 3.63) is 55.9 Å². The first-order valence-electron chi connectivity index (χ1n) is 9.42. The van der Waals surface area contributed by atoms with Crippen molar-refractivity contribution in [3.63, 3.8) is 0 Å². The van der Waals surface area contributed by atoms with Gasteiger partial charge in [-0.25, -0.2) is 4.79 Å². The van der Waals surface area contributed by atoms with Gasteiger partial charge in [0.15, 0.2) is 0 Å². The molecule has 0 bridgehead atoms. The number of benzene rings is 1. The van der Waals surface area contributed by atoms with E-state index in [9.17, 15) is 38.0 Å². The quantitative estimate of drug-likeness (QED) is 0.497. The molecule has 1 aromatic carbocycles. The molecule has 0 fully saturated rings. The van der Waals surface area contributed by atoms with Crippen LogP contribution in [-0.2, 0) is 17.4 Å². The fourth-order valence-corrected chi connectivity index (χ4v) is 4.90. The number of pyridine rings is 1. The third-order valence-corrected chi connectivity index (χ3v) is 6.21. The number of fused-ring (bicyclic) bond motifs is 1. The molecule has 2 heterocycles. The van der Waals surface area contributed by atoms with E-state index in [1.54, 1.807) is 0 Å². The highest BCUT2D eigenvalue weighted by Crippen LogP contribution is 2.44. The molecule has 11 heteroatoms. The first kappa shape index (κ1) is 22.9. The number of alkyl halides is 3. The lowest BCUT2D eigenvalue weighted by molar-refractivity contribution is -0.387. The van der Waals surface area contributed by atoms with Crippen LogP contribution in [0.25, 0.3) is 11.1 Å². The summed E-state index contributed by atoms with van der Waals surface area (Å²) in [6.45, 7) is 3.76. The number of carboxylic acids is 1. The van der Waals surface area contributed by atoms with E-state index in [0.717, 1.165) is 28.5 Å². The molecule has 1 aliphatic rings. The Morgan fingerprint density at radius 2 is 2.06 bits per heavy atom. The number of carbonyl (C=O) groups is 1. The van der Waals surface area contributed by atoms with E-state index in [2.05, 4.69) is 0 Å². The van der Waals surface area contributed by atoms with Gasteiger partial charge in [-0.15, -0.1) is 11.8 Å². The zero-order valence-electron chi connectivity index (χ0n) is 16.6. The number of aromatic nitrogens is 1. The maximum absolute atomic E-state index is 13.3. The molecular formula is C20H19F3N2O5S. The summed E-state index contributed by atoms with van der Waals surface area (Å²) in [4.78, 5) is 35.6. The number of aliphatic carboxylic acids is 1. The Morgan fingerprint density at radius 3 is 2.61 bits per heavy atom. The Bertz CT molecular complexity index is 1110. The Kier molecular flexibility index (Phi) is 6.17. The molecule has 3 rings (SSSR count). The van der Waals surface area contributed by atoms with Crippen LogP contribution >= 0.6 is 11.8 Å². The van der Waals surface area contributed by atoms with Crippen molar-refractivity contribution in [2.45, 2.75) is 43.9 Å². The average molecular weight is 456 g/mol. The maximum Gasteiger partial charge on any atom is 0.416 e. The summed E-state index contributed by atoms with van der Waals surface area (Å²) in [5.41, 5.74) is -2.57. The van der Waals surface area contributed by atoms with Crippen molar-refractivity contribution in [2.24, 2.45) is 5.92 Å². The standard InChI is InChI=1S/C20H19F3N2O5S/c1-10(2)6-7-13-15(11-4-3-5-12(8-11)20(21,22)23)18-24(14(9-31-18)19(27)28)17(26)16(13)25(29)30/h3-5,8,10,14H,6-7,9H2,1-2H3,(H,27,28)/t14-/m0/s1. The van der Waals surface area contributed by atoms with E-state index in [0.29, 0.717) is 6.42 Å². The molecular weight excluding hydrogens is 437 g/mol. The fourth-order valence-electron chi connectivity index (χ4n) is 3.56. The minimum atomic E-state index is -4.63. The Balaban J connectivity index is 2.41. The van der Waals surface area contributed by atoms with E-state index >= 15 is 0 Å². The summed E-state index contributed by atoms with van der Waals surface area (Å²) in [5.74, 6) is -1.28. The number of thioether (sulfide) groups is 1. The summed E-state index contributed by atoms with van der Waals surface area (Å²) in [5, 5.41) is 21.5. The topological polar surface area (TPSA) is 102 Å². The van der Waals surface area contributed by atoms with Crippen molar-refractivity contribution in [1.29, 1.82) is 0 Å². The van der Waals surface area contributed by atoms with Crippen molar-refractivity contribution < 1.29 is 28.0 Å². The van der Waals surface area contributed by atoms with Gasteiger partial charge in [0.1, 0.15) is 6.04 Å². The van der Waals surface area contributed by atoms with Crippen molar-refractivity contribution in [1.82, 2.24) is 4.57 Å². The molecule has 1 atom stereocenters. The second-order valence-corrected chi connectivity index (χ2v) is 8.62. The third-order valence-electron chi connectivity index (χ3n) is 5.05. The highest BCUT2D eigenvalue weighted by atomic mass is 32.2. The van der Waals surface area contributed by atoms with Gasteiger partial charge < -0.3 is 5.11 Å². The van der Waals surface area contributed by atoms with Crippen LogP contribution in [0, 0.1) is 16.0 Å². The van der Waals surface area contributed by atoms with Crippen LogP contribution in [0.3, 0.4) is 0 Å². The van der Waals surface area contributed by atoms with Crippen LogP contribution < -0.4 is 5.56 Å². The third kappa shape index (κ3) is 4.32. The summed E-state index contributed by atoms with van der Waals surface area (Å²) >= 11 is 1.00. The second-order valence-electron chi connectivity index (χ2n) is 7.62. The highest BCUT2D eigenvalue weighted by Gasteiger charge is 2.39. The average Bonchev–Trinajstić information content (AvgIpc) is 3.11. The molecule has 1 N–H and O–H groups in total. The number of rotatable bonds is 6. The predicted molar refractivity (Wildman–Crippen MR) is 108 cm³/mol. The van der Waals surface area contributed by atoms with Crippen molar-refractivity contribution >= 4 is 23.4 Å². The Morgan fingerprint density at radius 1 is 1.39 bits per heavy atom. The smallest absolute Gasteiger partial charge is 0.416 e. The van der Waals surface area contributed by atoms with Crippen LogP contribution in [0.2, 0.25) is 0 Å². The molecule has 0 saturated carbocycles. The summed E-state index contributed by atoms with van der Waals surface area (Å²) < 4.78 is 40.7. The molecule has 0 saturated heterocycles. The molecule has 1 aliphatic heterocycles. The fraction of sp³-hybridized carbons (Fsp3) is 0.400. The highest BCUT2D eigenvalue weighted by molar-refractivity contribution is 7.99. The van der Waals surface area contributed by atoms with Gasteiger partial charge in [-0.05, 0) is 36.5 Å². The van der Waals surface area contributed by atoms with Gasteiger partial charge in [0.25, 0.3) is 0 Å². The summed E-state index contributed by atoms with van der Waals surface area (Å²) in [6.07, 6.45) is -4.07. The monoisotopic (exact) mass is 456 g/mol. The van der Waals surface area contributed by atoms with Crippen LogP contribution in [-0.4, -0.2) is 26.3 Å². The van der Waals surface area contributed by atoms with Crippen molar-refractivity contribution in [3.8, 4) is 11.1 Å². The van der Waals surface area contributed by atoms with Gasteiger partial charge in [0.2, 0.25) is 0 Å². The summed E-state index contributed by atoms with van der Waals surface area (Å²) in [6, 6.07) is 2.99. The van der Waals surface area contributed by atoms with Crippen LogP contribution in [0.1, 0.15) is 37.4 Å². The van der Waals surface area contributed by atoms with Gasteiger partial charge in [-0.1, -0.05) is 26.0 Å². The van der Waals surface area contributed by atoms with Crippen LogP contribution in [0.15, 0.2) is 34.1 Å². The van der Waals surface area contributed by atoms with Crippen LogP contribution in [0.5, 0.6) is 0 Å². The molecule has 0 aliphatic carbocycles. The van der Waals surface area contributed by atoms with Gasteiger partial charge in [0, 0.05) is 16.9 Å². The number of hydrogen-bond acceptors (Lipinski definition) is 5. The molecule has 31 heavy (non-hydrogen) atoms. The van der Waals surface area contributed by atoms with E-state index < -0.39 is 39.9 Å². The van der Waals surface area contributed by atoms with E-state index in [1.807, 2.05) is 13.8 Å². The SMILES string of the molecule is CC(C)CCc1c(-c2cccc(C(F)(F)F)c2)c2n(c(=O)c1[N+](=O)[O-])[C@H](C(=O)O)CS2. The van der Waals surface area contributed by atoms with Gasteiger partial charge in [-0.2, -0.15) is 13.2 Å². The molecule has 0 radical (unpaired) electrons.